The number of benzene rings is 1. The van der Waals surface area contributed by atoms with E-state index in [4.69, 9.17) is 27.9 Å². The maximum absolute atomic E-state index is 5.79. The third-order valence-corrected chi connectivity index (χ3v) is 2.23. The Hall–Kier alpha value is -0.660. The first-order valence-electron chi connectivity index (χ1n) is 3.33. The molecule has 0 saturated carbocycles. The van der Waals surface area contributed by atoms with Crippen molar-refractivity contribution < 1.29 is 4.74 Å². The molecule has 0 unspecified atom stereocenters. The Labute approximate surface area is 81.6 Å². The Kier molecular flexibility index (Phi) is 3.01. The molecular formula is C9H8Cl2O. The number of rotatable bonds is 2. The van der Waals surface area contributed by atoms with Gasteiger partial charge >= 0.3 is 0 Å². The van der Waals surface area contributed by atoms with E-state index < -0.39 is 0 Å². The molecule has 1 nitrogen and oxygen atoms in total. The fourth-order valence-electron chi connectivity index (χ4n) is 0.787. The fraction of sp³-hybridized carbons (Fsp3) is 0.111. The van der Waals surface area contributed by atoms with Gasteiger partial charge in [-0.05, 0) is 18.2 Å². The second kappa shape index (κ2) is 3.83. The first-order chi connectivity index (χ1) is 5.65. The van der Waals surface area contributed by atoms with Crippen LogP contribution in [-0.4, -0.2) is 7.11 Å². The highest BCUT2D eigenvalue weighted by molar-refractivity contribution is 6.42. The lowest BCUT2D eigenvalue weighted by Crippen LogP contribution is -1.84. The molecule has 1 rings (SSSR count). The Morgan fingerprint density at radius 2 is 2.00 bits per heavy atom. The summed E-state index contributed by atoms with van der Waals surface area (Å²) in [4.78, 5) is 0. The van der Waals surface area contributed by atoms with E-state index in [0.717, 1.165) is 5.56 Å². The van der Waals surface area contributed by atoms with Crippen LogP contribution in [0.5, 0.6) is 0 Å². The summed E-state index contributed by atoms with van der Waals surface area (Å²) in [7, 11) is 1.56. The quantitative estimate of drug-likeness (QED) is 0.667. The average Bonchev–Trinajstić information content (AvgIpc) is 2.08. The number of hydrogen-bond acceptors (Lipinski definition) is 1. The summed E-state index contributed by atoms with van der Waals surface area (Å²) in [5.74, 6) is 0.577. The first kappa shape index (κ1) is 9.43. The zero-order chi connectivity index (χ0) is 9.14. The zero-order valence-corrected chi connectivity index (χ0v) is 8.12. The fourth-order valence-corrected chi connectivity index (χ4v) is 1.09. The average molecular weight is 203 g/mol. The molecule has 0 spiro atoms. The third kappa shape index (κ3) is 1.93. The summed E-state index contributed by atoms with van der Waals surface area (Å²) in [6, 6.07) is 5.24. The molecule has 0 amide bonds. The highest BCUT2D eigenvalue weighted by Gasteiger charge is 2.01. The molecule has 0 fully saturated rings. The van der Waals surface area contributed by atoms with E-state index >= 15 is 0 Å². The van der Waals surface area contributed by atoms with Crippen molar-refractivity contribution in [3.63, 3.8) is 0 Å². The second-order valence-electron chi connectivity index (χ2n) is 2.26. The summed E-state index contributed by atoms with van der Waals surface area (Å²) in [6.07, 6.45) is 0. The Bertz CT molecular complexity index is 307. The summed E-state index contributed by atoms with van der Waals surface area (Å²) < 4.78 is 4.93. The van der Waals surface area contributed by atoms with E-state index in [1.807, 2.05) is 0 Å². The van der Waals surface area contributed by atoms with Crippen molar-refractivity contribution in [3.8, 4) is 0 Å². The summed E-state index contributed by atoms with van der Waals surface area (Å²) in [5, 5.41) is 1.04. The molecule has 0 radical (unpaired) electrons. The normalized spacial score (nSPS) is 9.58. The van der Waals surface area contributed by atoms with Crippen molar-refractivity contribution in [1.82, 2.24) is 0 Å². The van der Waals surface area contributed by atoms with Gasteiger partial charge in [-0.1, -0.05) is 29.8 Å². The molecule has 0 N–H and O–H groups in total. The minimum absolute atomic E-state index is 0.507. The van der Waals surface area contributed by atoms with E-state index in [9.17, 15) is 0 Å². The minimum Gasteiger partial charge on any atom is -0.497 e. The van der Waals surface area contributed by atoms with Gasteiger partial charge in [0.2, 0.25) is 0 Å². The number of methoxy groups -OCH3 is 1. The molecule has 64 valence electrons. The van der Waals surface area contributed by atoms with Crippen LogP contribution in [0.15, 0.2) is 24.8 Å². The van der Waals surface area contributed by atoms with Crippen LogP contribution >= 0.6 is 23.2 Å². The Morgan fingerprint density at radius 3 is 2.50 bits per heavy atom. The molecule has 0 aliphatic rings. The van der Waals surface area contributed by atoms with Gasteiger partial charge in [0, 0.05) is 5.56 Å². The van der Waals surface area contributed by atoms with E-state index in [2.05, 4.69) is 6.58 Å². The van der Waals surface area contributed by atoms with Gasteiger partial charge in [0.15, 0.2) is 0 Å². The number of ether oxygens (including phenoxy) is 1. The molecule has 0 bridgehead atoms. The molecule has 0 aliphatic heterocycles. The summed E-state index contributed by atoms with van der Waals surface area (Å²) >= 11 is 11.5. The van der Waals surface area contributed by atoms with Gasteiger partial charge < -0.3 is 4.74 Å². The molecular weight excluding hydrogens is 195 g/mol. The van der Waals surface area contributed by atoms with Gasteiger partial charge in [-0.25, -0.2) is 0 Å². The van der Waals surface area contributed by atoms with Crippen LogP contribution in [0.25, 0.3) is 5.76 Å². The predicted molar refractivity (Wildman–Crippen MR) is 52.5 cm³/mol. The lowest BCUT2D eigenvalue weighted by atomic mass is 10.2. The smallest absolute Gasteiger partial charge is 0.118 e. The topological polar surface area (TPSA) is 9.23 Å². The molecule has 3 heteroatoms. The van der Waals surface area contributed by atoms with Gasteiger partial charge in [0.25, 0.3) is 0 Å². The minimum atomic E-state index is 0.507. The van der Waals surface area contributed by atoms with E-state index in [1.54, 1.807) is 25.3 Å². The highest BCUT2D eigenvalue weighted by Crippen LogP contribution is 2.25. The van der Waals surface area contributed by atoms with Crippen molar-refractivity contribution >= 4 is 29.0 Å². The maximum atomic E-state index is 5.79. The lowest BCUT2D eigenvalue weighted by molar-refractivity contribution is 0.371. The molecule has 0 atom stereocenters. The van der Waals surface area contributed by atoms with Gasteiger partial charge in [0.05, 0.1) is 17.2 Å². The molecule has 0 saturated heterocycles. The van der Waals surface area contributed by atoms with Crippen LogP contribution < -0.4 is 0 Å². The van der Waals surface area contributed by atoms with Gasteiger partial charge in [-0.15, -0.1) is 0 Å². The van der Waals surface area contributed by atoms with Crippen LogP contribution in [-0.2, 0) is 4.74 Å². The third-order valence-electron chi connectivity index (χ3n) is 1.49. The highest BCUT2D eigenvalue weighted by atomic mass is 35.5. The number of hydrogen-bond donors (Lipinski definition) is 0. The van der Waals surface area contributed by atoms with E-state index in [0.29, 0.717) is 15.8 Å². The Balaban J connectivity index is 3.05. The monoisotopic (exact) mass is 202 g/mol. The van der Waals surface area contributed by atoms with Crippen LogP contribution in [0.4, 0.5) is 0 Å². The van der Waals surface area contributed by atoms with Gasteiger partial charge in [-0.2, -0.15) is 0 Å². The van der Waals surface area contributed by atoms with Crippen molar-refractivity contribution in [2.24, 2.45) is 0 Å². The van der Waals surface area contributed by atoms with Gasteiger partial charge in [0.1, 0.15) is 5.76 Å². The largest absolute Gasteiger partial charge is 0.497 e. The molecule has 0 aromatic heterocycles. The van der Waals surface area contributed by atoms with Crippen LogP contribution in [0, 0.1) is 0 Å². The van der Waals surface area contributed by atoms with E-state index in [-0.39, 0.29) is 0 Å². The summed E-state index contributed by atoms with van der Waals surface area (Å²) in [5.41, 5.74) is 0.840. The van der Waals surface area contributed by atoms with Gasteiger partial charge in [-0.3, -0.25) is 0 Å². The molecule has 1 aromatic carbocycles. The van der Waals surface area contributed by atoms with Crippen LogP contribution in [0.3, 0.4) is 0 Å². The number of halogens is 2. The maximum Gasteiger partial charge on any atom is 0.118 e. The molecule has 0 heterocycles. The first-order valence-corrected chi connectivity index (χ1v) is 4.09. The second-order valence-corrected chi connectivity index (χ2v) is 3.07. The Morgan fingerprint density at radius 1 is 1.33 bits per heavy atom. The zero-order valence-electron chi connectivity index (χ0n) is 6.60. The van der Waals surface area contributed by atoms with E-state index in [1.165, 1.54) is 0 Å². The molecule has 12 heavy (non-hydrogen) atoms. The predicted octanol–water partition coefficient (Wildman–Crippen LogP) is 3.61. The molecule has 1 aromatic rings. The van der Waals surface area contributed by atoms with Crippen molar-refractivity contribution in [2.45, 2.75) is 0 Å². The summed E-state index contributed by atoms with van der Waals surface area (Å²) in [6.45, 7) is 3.69. The lowest BCUT2D eigenvalue weighted by Gasteiger charge is -2.04. The SMILES string of the molecule is C=C(OC)c1ccc(Cl)c(Cl)c1. The van der Waals surface area contributed by atoms with Crippen LogP contribution in [0.1, 0.15) is 5.56 Å². The van der Waals surface area contributed by atoms with Crippen molar-refractivity contribution in [1.29, 1.82) is 0 Å². The molecule has 0 aliphatic carbocycles. The van der Waals surface area contributed by atoms with Crippen LogP contribution in [0.2, 0.25) is 10.0 Å². The standard InChI is InChI=1S/C9H8Cl2O/c1-6(12-2)7-3-4-8(10)9(11)5-7/h3-5H,1H2,2H3. The van der Waals surface area contributed by atoms with Crippen molar-refractivity contribution in [2.75, 3.05) is 7.11 Å². The van der Waals surface area contributed by atoms with Crippen molar-refractivity contribution in [3.05, 3.63) is 40.4 Å².